The summed E-state index contributed by atoms with van der Waals surface area (Å²) in [6, 6.07) is 3.17. The van der Waals surface area contributed by atoms with E-state index in [0.29, 0.717) is 16.0 Å². The van der Waals surface area contributed by atoms with E-state index in [-0.39, 0.29) is 6.61 Å². The quantitative estimate of drug-likeness (QED) is 0.649. The summed E-state index contributed by atoms with van der Waals surface area (Å²) < 4.78 is 30.8. The van der Waals surface area contributed by atoms with Crippen molar-refractivity contribution in [3.8, 4) is 0 Å². The van der Waals surface area contributed by atoms with E-state index >= 15 is 0 Å². The number of ether oxygens (including phenoxy) is 1. The summed E-state index contributed by atoms with van der Waals surface area (Å²) >= 11 is 3.17. The second kappa shape index (κ2) is 6.14. The van der Waals surface area contributed by atoms with Gasteiger partial charge in [0, 0.05) is 0 Å². The van der Waals surface area contributed by atoms with E-state index in [2.05, 4.69) is 30.4 Å². The summed E-state index contributed by atoms with van der Waals surface area (Å²) in [5, 5.41) is 0. The number of rotatable bonds is 5. The van der Waals surface area contributed by atoms with Crippen molar-refractivity contribution in [3.05, 3.63) is 22.4 Å². The minimum Gasteiger partial charge on any atom is -0.465 e. The minimum absolute atomic E-state index is 0.146. The molecular formula is C10H13BrN2O4S. The van der Waals surface area contributed by atoms with E-state index in [1.165, 1.54) is 0 Å². The van der Waals surface area contributed by atoms with Gasteiger partial charge in [-0.05, 0) is 41.9 Å². The average molecular weight is 337 g/mol. The molecule has 100 valence electrons. The van der Waals surface area contributed by atoms with Crippen LogP contribution in [0.4, 0.5) is 5.69 Å². The van der Waals surface area contributed by atoms with Crippen LogP contribution < -0.4 is 4.72 Å². The first-order valence-electron chi connectivity index (χ1n) is 5.13. The van der Waals surface area contributed by atoms with Gasteiger partial charge in [0.2, 0.25) is 10.0 Å². The first-order chi connectivity index (χ1) is 8.34. The lowest BCUT2D eigenvalue weighted by atomic mass is 10.3. The fourth-order valence-electron chi connectivity index (χ4n) is 1.20. The molecule has 1 heterocycles. The van der Waals surface area contributed by atoms with E-state index in [4.69, 9.17) is 0 Å². The third-order valence-corrected chi connectivity index (χ3v) is 3.52. The number of sulfonamides is 1. The number of halogens is 1. The highest BCUT2D eigenvalue weighted by Gasteiger charge is 2.18. The first-order valence-corrected chi connectivity index (χ1v) is 7.58. The number of esters is 1. The Balaban J connectivity index is 2.79. The normalized spacial score (nSPS) is 11.1. The number of nitrogens with zero attached hydrogens (tertiary/aromatic N) is 1. The van der Waals surface area contributed by atoms with Gasteiger partial charge in [-0.1, -0.05) is 0 Å². The molecule has 0 unspecified atom stereocenters. The molecule has 0 aromatic carbocycles. The summed E-state index contributed by atoms with van der Waals surface area (Å²) in [6.07, 6.45) is 0. The van der Waals surface area contributed by atoms with Crippen LogP contribution in [-0.4, -0.2) is 31.7 Å². The van der Waals surface area contributed by atoms with Gasteiger partial charge in [-0.2, -0.15) is 0 Å². The number of anilines is 1. The van der Waals surface area contributed by atoms with Crippen molar-refractivity contribution >= 4 is 37.6 Å². The van der Waals surface area contributed by atoms with Crippen molar-refractivity contribution < 1.29 is 17.9 Å². The van der Waals surface area contributed by atoms with Crippen LogP contribution in [0.3, 0.4) is 0 Å². The van der Waals surface area contributed by atoms with E-state index in [1.54, 1.807) is 26.0 Å². The van der Waals surface area contributed by atoms with Crippen molar-refractivity contribution in [3.63, 3.8) is 0 Å². The molecule has 18 heavy (non-hydrogen) atoms. The molecule has 1 aromatic rings. The molecule has 0 amide bonds. The Morgan fingerprint density at radius 2 is 2.17 bits per heavy atom. The Labute approximate surface area is 114 Å². The maximum atomic E-state index is 11.7. The second-order valence-corrected chi connectivity index (χ2v) is 5.97. The fraction of sp³-hybridized carbons (Fsp3) is 0.400. The molecule has 0 radical (unpaired) electrons. The van der Waals surface area contributed by atoms with Gasteiger partial charge in [0.1, 0.15) is 4.60 Å². The van der Waals surface area contributed by atoms with Gasteiger partial charge in [0.15, 0.2) is 5.75 Å². The highest BCUT2D eigenvalue weighted by molar-refractivity contribution is 9.10. The predicted molar refractivity (Wildman–Crippen MR) is 70.7 cm³/mol. The molecule has 0 bridgehead atoms. The third-order valence-electron chi connectivity index (χ3n) is 1.93. The molecule has 0 atom stereocenters. The zero-order chi connectivity index (χ0) is 13.8. The Morgan fingerprint density at radius 3 is 2.72 bits per heavy atom. The van der Waals surface area contributed by atoms with E-state index in [0.717, 1.165) is 0 Å². The van der Waals surface area contributed by atoms with Crippen LogP contribution in [0.2, 0.25) is 0 Å². The Morgan fingerprint density at radius 1 is 1.50 bits per heavy atom. The smallest absolute Gasteiger partial charge is 0.323 e. The number of carbonyl (C=O) groups is 1. The zero-order valence-corrected chi connectivity index (χ0v) is 12.3. The summed E-state index contributed by atoms with van der Waals surface area (Å²) in [4.78, 5) is 15.2. The number of aryl methyl sites for hydroxylation is 1. The number of aromatic nitrogens is 1. The van der Waals surface area contributed by atoms with Crippen LogP contribution in [0.1, 0.15) is 12.6 Å². The zero-order valence-electron chi connectivity index (χ0n) is 9.94. The van der Waals surface area contributed by atoms with Crippen LogP contribution in [0.25, 0.3) is 0 Å². The summed E-state index contributed by atoms with van der Waals surface area (Å²) in [5.74, 6) is -1.50. The molecule has 1 rings (SSSR count). The molecular weight excluding hydrogens is 324 g/mol. The molecule has 0 aliphatic rings. The second-order valence-electron chi connectivity index (χ2n) is 3.43. The van der Waals surface area contributed by atoms with Crippen molar-refractivity contribution in [1.82, 2.24) is 4.98 Å². The number of hydrogen-bond donors (Lipinski definition) is 1. The van der Waals surface area contributed by atoms with Gasteiger partial charge < -0.3 is 4.74 Å². The van der Waals surface area contributed by atoms with Crippen molar-refractivity contribution in [2.45, 2.75) is 13.8 Å². The van der Waals surface area contributed by atoms with Crippen LogP contribution in [0, 0.1) is 6.92 Å². The molecule has 0 saturated heterocycles. The van der Waals surface area contributed by atoms with Crippen molar-refractivity contribution in [2.24, 2.45) is 0 Å². The monoisotopic (exact) mass is 336 g/mol. The van der Waals surface area contributed by atoms with E-state index in [9.17, 15) is 13.2 Å². The lowest BCUT2D eigenvalue weighted by Gasteiger charge is -2.09. The van der Waals surface area contributed by atoms with E-state index in [1.807, 2.05) is 0 Å². The van der Waals surface area contributed by atoms with Gasteiger partial charge in [-0.25, -0.2) is 13.4 Å². The highest BCUT2D eigenvalue weighted by atomic mass is 79.9. The fourth-order valence-corrected chi connectivity index (χ4v) is 2.61. The number of pyridine rings is 1. The van der Waals surface area contributed by atoms with E-state index < -0.39 is 21.7 Å². The standard InChI is InChI=1S/C10H13BrN2O4S/c1-3-17-10(14)6-18(15,16)13-8-4-5-9(11)12-7(8)2/h4-5,13H,3,6H2,1-2H3. The lowest BCUT2D eigenvalue weighted by molar-refractivity contribution is -0.139. The first kappa shape index (κ1) is 14.9. The topological polar surface area (TPSA) is 85.4 Å². The van der Waals surface area contributed by atoms with Gasteiger partial charge in [-0.15, -0.1) is 0 Å². The van der Waals surface area contributed by atoms with Gasteiger partial charge in [0.05, 0.1) is 18.0 Å². The summed E-state index contributed by atoms with van der Waals surface area (Å²) in [6.45, 7) is 3.42. The average Bonchev–Trinajstić information content (AvgIpc) is 2.21. The van der Waals surface area contributed by atoms with Crippen molar-refractivity contribution in [2.75, 3.05) is 17.1 Å². The van der Waals surface area contributed by atoms with Crippen LogP contribution in [0.5, 0.6) is 0 Å². The van der Waals surface area contributed by atoms with Crippen molar-refractivity contribution in [1.29, 1.82) is 0 Å². The lowest BCUT2D eigenvalue weighted by Crippen LogP contribution is -2.24. The summed E-state index contributed by atoms with van der Waals surface area (Å²) in [7, 11) is -3.77. The Hall–Kier alpha value is -1.15. The maximum Gasteiger partial charge on any atom is 0.323 e. The van der Waals surface area contributed by atoms with Crippen LogP contribution in [0.15, 0.2) is 16.7 Å². The molecule has 0 aliphatic carbocycles. The molecule has 1 aromatic heterocycles. The summed E-state index contributed by atoms with van der Waals surface area (Å²) in [5.41, 5.74) is 0.847. The SMILES string of the molecule is CCOC(=O)CS(=O)(=O)Nc1ccc(Br)nc1C. The number of carbonyl (C=O) groups excluding carboxylic acids is 1. The Kier molecular flexibility index (Phi) is 5.09. The van der Waals surface area contributed by atoms with Gasteiger partial charge in [-0.3, -0.25) is 9.52 Å². The molecule has 0 spiro atoms. The molecule has 0 aliphatic heterocycles. The van der Waals surface area contributed by atoms with Crippen LogP contribution in [-0.2, 0) is 19.6 Å². The van der Waals surface area contributed by atoms with Gasteiger partial charge >= 0.3 is 5.97 Å². The molecule has 0 fully saturated rings. The molecule has 8 heteroatoms. The Bertz CT molecular complexity index is 545. The number of nitrogens with one attached hydrogen (secondary N) is 1. The largest absolute Gasteiger partial charge is 0.465 e. The number of hydrogen-bond acceptors (Lipinski definition) is 5. The molecule has 0 saturated carbocycles. The highest BCUT2D eigenvalue weighted by Crippen LogP contribution is 2.17. The molecule has 6 nitrogen and oxygen atoms in total. The van der Waals surface area contributed by atoms with Crippen LogP contribution >= 0.6 is 15.9 Å². The minimum atomic E-state index is -3.77. The van der Waals surface area contributed by atoms with Gasteiger partial charge in [0.25, 0.3) is 0 Å². The predicted octanol–water partition coefficient (Wildman–Crippen LogP) is 1.46. The third kappa shape index (κ3) is 4.61. The molecule has 1 N–H and O–H groups in total. The maximum absolute atomic E-state index is 11.7.